The Kier molecular flexibility index (Phi) is 5.07. The molecule has 0 aromatic carbocycles. The lowest BCUT2D eigenvalue weighted by Crippen LogP contribution is -2.22. The number of H-pyrrole nitrogens is 1. The highest BCUT2D eigenvalue weighted by atomic mass is 16.5. The number of carbonyl (C=O) groups excluding carboxylic acids is 3. The molecular weight excluding hydrogens is 262 g/mol. The molecule has 1 N–H and O–H groups in total. The summed E-state index contributed by atoms with van der Waals surface area (Å²) in [5.41, 5.74) is 1.60. The molecule has 1 aromatic heterocycles. The van der Waals surface area contributed by atoms with Crippen LogP contribution in [0.15, 0.2) is 0 Å². The van der Waals surface area contributed by atoms with Crippen LogP contribution in [0.1, 0.15) is 52.9 Å². The van der Waals surface area contributed by atoms with Crippen molar-refractivity contribution in [3.05, 3.63) is 22.5 Å². The summed E-state index contributed by atoms with van der Waals surface area (Å²) in [4.78, 5) is 37.7. The number of ketones is 1. The molecule has 0 fully saturated rings. The van der Waals surface area contributed by atoms with Gasteiger partial charge >= 0.3 is 11.9 Å². The van der Waals surface area contributed by atoms with Crippen LogP contribution in [0.3, 0.4) is 0 Å². The minimum atomic E-state index is -0.822. The Bertz CT molecular complexity index is 544. The first kappa shape index (κ1) is 15.9. The number of rotatable bonds is 5. The Hall–Kier alpha value is -2.11. The van der Waals surface area contributed by atoms with Gasteiger partial charge in [-0.3, -0.25) is 4.79 Å². The smallest absolute Gasteiger partial charge is 0.355 e. The van der Waals surface area contributed by atoms with Gasteiger partial charge < -0.3 is 14.5 Å². The van der Waals surface area contributed by atoms with Crippen molar-refractivity contribution >= 4 is 17.7 Å². The quantitative estimate of drug-likeness (QED) is 0.832. The molecule has 110 valence electrons. The van der Waals surface area contributed by atoms with E-state index in [0.29, 0.717) is 23.2 Å². The number of hydrogen-bond donors (Lipinski definition) is 1. The Morgan fingerprint density at radius 1 is 1.25 bits per heavy atom. The number of esters is 2. The molecule has 0 aliphatic carbocycles. The topological polar surface area (TPSA) is 85.5 Å². The van der Waals surface area contributed by atoms with Gasteiger partial charge in [-0.15, -0.1) is 0 Å². The van der Waals surface area contributed by atoms with Crippen LogP contribution < -0.4 is 0 Å². The van der Waals surface area contributed by atoms with E-state index in [0.717, 1.165) is 0 Å². The van der Waals surface area contributed by atoms with Crippen molar-refractivity contribution in [1.29, 1.82) is 0 Å². The molecule has 0 radical (unpaired) electrons. The molecular formula is C14H19NO5. The molecule has 1 rings (SSSR count). The van der Waals surface area contributed by atoms with Gasteiger partial charge in [-0.1, -0.05) is 6.92 Å². The molecule has 6 nitrogen and oxygen atoms in total. The van der Waals surface area contributed by atoms with Crippen molar-refractivity contribution in [3.8, 4) is 0 Å². The molecule has 0 aliphatic rings. The van der Waals surface area contributed by atoms with E-state index in [4.69, 9.17) is 9.47 Å². The summed E-state index contributed by atoms with van der Waals surface area (Å²) in [6, 6.07) is 0. The van der Waals surface area contributed by atoms with Crippen LogP contribution in [-0.4, -0.2) is 35.9 Å². The van der Waals surface area contributed by atoms with Crippen LogP contribution >= 0.6 is 0 Å². The largest absolute Gasteiger partial charge is 0.465 e. The molecule has 20 heavy (non-hydrogen) atoms. The summed E-state index contributed by atoms with van der Waals surface area (Å²) in [5.74, 6) is -1.41. The zero-order valence-electron chi connectivity index (χ0n) is 12.3. The third-order valence-corrected chi connectivity index (χ3v) is 3.13. The first-order chi connectivity index (χ1) is 9.33. The normalized spacial score (nSPS) is 11.8. The number of nitrogens with one attached hydrogen (secondary N) is 1. The SMILES string of the molecule is CCc1[nH]c(C(=O)OC(C)C(C)=O)c(C)c1C(=O)OC. The number of aromatic nitrogens is 1. The van der Waals surface area contributed by atoms with Gasteiger partial charge in [-0.25, -0.2) is 9.59 Å². The number of hydrogen-bond acceptors (Lipinski definition) is 5. The van der Waals surface area contributed by atoms with Crippen molar-refractivity contribution in [2.45, 2.75) is 40.2 Å². The monoisotopic (exact) mass is 281 g/mol. The van der Waals surface area contributed by atoms with Gasteiger partial charge in [0.2, 0.25) is 0 Å². The molecule has 1 heterocycles. The first-order valence-electron chi connectivity index (χ1n) is 6.34. The fourth-order valence-electron chi connectivity index (χ4n) is 1.81. The molecule has 0 bridgehead atoms. The van der Waals surface area contributed by atoms with Crippen molar-refractivity contribution in [2.75, 3.05) is 7.11 Å². The second kappa shape index (κ2) is 6.36. The minimum absolute atomic E-state index is 0.176. The Balaban J connectivity index is 3.14. The van der Waals surface area contributed by atoms with Gasteiger partial charge in [-0.2, -0.15) is 0 Å². The van der Waals surface area contributed by atoms with Crippen molar-refractivity contribution in [2.24, 2.45) is 0 Å². The summed E-state index contributed by atoms with van der Waals surface area (Å²) in [6.07, 6.45) is -0.280. The highest BCUT2D eigenvalue weighted by Crippen LogP contribution is 2.21. The standard InChI is InChI=1S/C14H19NO5/c1-6-10-11(13(17)19-5)7(2)12(15-10)14(18)20-9(4)8(3)16/h9,15H,6H2,1-5H3. The van der Waals surface area contributed by atoms with Gasteiger partial charge in [0, 0.05) is 5.69 Å². The molecule has 1 atom stereocenters. The van der Waals surface area contributed by atoms with E-state index in [1.807, 2.05) is 6.92 Å². The summed E-state index contributed by atoms with van der Waals surface area (Å²) in [7, 11) is 1.28. The van der Waals surface area contributed by atoms with Crippen LogP contribution in [0.5, 0.6) is 0 Å². The van der Waals surface area contributed by atoms with Crippen LogP contribution in [0.2, 0.25) is 0 Å². The Morgan fingerprint density at radius 3 is 2.30 bits per heavy atom. The second-order valence-electron chi connectivity index (χ2n) is 4.48. The zero-order valence-corrected chi connectivity index (χ0v) is 12.3. The van der Waals surface area contributed by atoms with Crippen molar-refractivity contribution < 1.29 is 23.9 Å². The maximum absolute atomic E-state index is 12.0. The van der Waals surface area contributed by atoms with E-state index < -0.39 is 18.0 Å². The Labute approximate surface area is 117 Å². The molecule has 0 aliphatic heterocycles. The average Bonchev–Trinajstić information content (AvgIpc) is 2.74. The molecule has 0 saturated heterocycles. The van der Waals surface area contributed by atoms with E-state index in [1.54, 1.807) is 6.92 Å². The number of aromatic amines is 1. The van der Waals surface area contributed by atoms with E-state index in [2.05, 4.69) is 4.98 Å². The second-order valence-corrected chi connectivity index (χ2v) is 4.48. The van der Waals surface area contributed by atoms with E-state index in [1.165, 1.54) is 21.0 Å². The van der Waals surface area contributed by atoms with Crippen LogP contribution in [0.25, 0.3) is 0 Å². The summed E-state index contributed by atoms with van der Waals surface area (Å²) in [5, 5.41) is 0. The fraction of sp³-hybridized carbons (Fsp3) is 0.500. The number of ether oxygens (including phenoxy) is 2. The van der Waals surface area contributed by atoms with Crippen LogP contribution in [0, 0.1) is 6.92 Å². The summed E-state index contributed by atoms with van der Waals surface area (Å²) in [6.45, 7) is 6.33. The lowest BCUT2D eigenvalue weighted by atomic mass is 10.1. The highest BCUT2D eigenvalue weighted by molar-refractivity contribution is 5.99. The third kappa shape index (κ3) is 3.07. The molecule has 0 saturated carbocycles. The summed E-state index contributed by atoms with van der Waals surface area (Å²) < 4.78 is 9.74. The van der Waals surface area contributed by atoms with E-state index >= 15 is 0 Å². The molecule has 0 spiro atoms. The lowest BCUT2D eigenvalue weighted by Gasteiger charge is -2.09. The predicted molar refractivity (Wildman–Crippen MR) is 71.8 cm³/mol. The summed E-state index contributed by atoms with van der Waals surface area (Å²) >= 11 is 0. The van der Waals surface area contributed by atoms with Crippen LogP contribution in [0.4, 0.5) is 0 Å². The molecule has 1 aromatic rings. The number of Topliss-reactive ketones (excluding diaryl/α,β-unsaturated/α-hetero) is 1. The third-order valence-electron chi connectivity index (χ3n) is 3.13. The highest BCUT2D eigenvalue weighted by Gasteiger charge is 2.26. The predicted octanol–water partition coefficient (Wildman–Crippen LogP) is 1.81. The van der Waals surface area contributed by atoms with Crippen LogP contribution in [-0.2, 0) is 20.7 Å². The van der Waals surface area contributed by atoms with Gasteiger partial charge in [0.05, 0.1) is 12.7 Å². The van der Waals surface area contributed by atoms with Gasteiger partial charge in [-0.05, 0) is 32.8 Å². The van der Waals surface area contributed by atoms with Crippen molar-refractivity contribution in [1.82, 2.24) is 4.98 Å². The molecule has 0 amide bonds. The molecule has 1 unspecified atom stereocenters. The van der Waals surface area contributed by atoms with Gasteiger partial charge in [0.25, 0.3) is 0 Å². The maximum atomic E-state index is 12.0. The van der Waals surface area contributed by atoms with E-state index in [9.17, 15) is 14.4 Å². The maximum Gasteiger partial charge on any atom is 0.355 e. The average molecular weight is 281 g/mol. The molecule has 6 heteroatoms. The zero-order chi connectivity index (χ0) is 15.4. The van der Waals surface area contributed by atoms with Gasteiger partial charge in [0.15, 0.2) is 11.9 Å². The Morgan fingerprint density at radius 2 is 1.85 bits per heavy atom. The lowest BCUT2D eigenvalue weighted by molar-refractivity contribution is -0.124. The van der Waals surface area contributed by atoms with Gasteiger partial charge in [0.1, 0.15) is 5.69 Å². The fourth-order valence-corrected chi connectivity index (χ4v) is 1.81. The van der Waals surface area contributed by atoms with Crippen molar-refractivity contribution in [3.63, 3.8) is 0 Å². The number of methoxy groups -OCH3 is 1. The minimum Gasteiger partial charge on any atom is -0.465 e. The number of carbonyl (C=O) groups is 3. The number of aryl methyl sites for hydroxylation is 1. The van der Waals surface area contributed by atoms with E-state index in [-0.39, 0.29) is 11.5 Å². The first-order valence-corrected chi connectivity index (χ1v) is 6.34.